The molecule has 6 rings (SSSR count). The van der Waals surface area contributed by atoms with Gasteiger partial charge in [0, 0.05) is 35.6 Å². The summed E-state index contributed by atoms with van der Waals surface area (Å²) < 4.78 is 29.8. The summed E-state index contributed by atoms with van der Waals surface area (Å²) in [5.74, 6) is -2.10. The van der Waals surface area contributed by atoms with Gasteiger partial charge in [-0.15, -0.1) is 0 Å². The predicted octanol–water partition coefficient (Wildman–Crippen LogP) is 3.53. The van der Waals surface area contributed by atoms with Crippen molar-refractivity contribution in [3.8, 4) is 11.1 Å². The molecule has 0 unspecified atom stereocenters. The standard InChI is InChI=1S/C28H26F2N6O2/c29-19-2-3-22(30)18(12-19)13-24(37)35-10-7-17-11-16(1-4-23(17)35)21-14-36(20-5-8-32-9-6-20)28-25(21)26(27(31)38)33-15-34-28/h1-4,11-12,14-15,20,32H,5-10,13H2,(H2,31,38). The highest BCUT2D eigenvalue weighted by Crippen LogP contribution is 2.38. The molecule has 1 fully saturated rings. The third-order valence-corrected chi connectivity index (χ3v) is 7.48. The van der Waals surface area contributed by atoms with Crippen molar-refractivity contribution in [2.24, 2.45) is 5.73 Å². The summed E-state index contributed by atoms with van der Waals surface area (Å²) in [6, 6.07) is 9.12. The molecule has 3 N–H and O–H groups in total. The Morgan fingerprint density at radius 1 is 1.08 bits per heavy atom. The number of carbonyl (C=O) groups is 2. The number of piperidine rings is 1. The number of benzene rings is 2. The summed E-state index contributed by atoms with van der Waals surface area (Å²) in [6.45, 7) is 2.24. The van der Waals surface area contributed by atoms with E-state index in [4.69, 9.17) is 5.73 Å². The van der Waals surface area contributed by atoms with Gasteiger partial charge in [-0.05, 0) is 73.8 Å². The number of nitrogens with one attached hydrogen (secondary N) is 1. The van der Waals surface area contributed by atoms with Gasteiger partial charge >= 0.3 is 0 Å². The first-order chi connectivity index (χ1) is 18.4. The van der Waals surface area contributed by atoms with Crippen LogP contribution in [0.25, 0.3) is 22.2 Å². The van der Waals surface area contributed by atoms with Crippen LogP contribution < -0.4 is 16.0 Å². The molecule has 2 aliphatic rings. The zero-order chi connectivity index (χ0) is 26.4. The number of rotatable bonds is 5. The van der Waals surface area contributed by atoms with Crippen molar-refractivity contribution in [1.82, 2.24) is 19.9 Å². The lowest BCUT2D eigenvalue weighted by atomic mass is 10.0. The summed E-state index contributed by atoms with van der Waals surface area (Å²) in [5.41, 5.74) is 9.94. The van der Waals surface area contributed by atoms with E-state index < -0.39 is 17.5 Å². The number of nitrogens with zero attached hydrogens (tertiary/aromatic N) is 4. The van der Waals surface area contributed by atoms with Crippen LogP contribution in [-0.2, 0) is 17.6 Å². The highest BCUT2D eigenvalue weighted by molar-refractivity contribution is 6.09. The van der Waals surface area contributed by atoms with E-state index in [0.717, 1.165) is 66.5 Å². The van der Waals surface area contributed by atoms with E-state index in [9.17, 15) is 18.4 Å². The van der Waals surface area contributed by atoms with Crippen LogP contribution in [0.15, 0.2) is 48.9 Å². The van der Waals surface area contributed by atoms with E-state index in [0.29, 0.717) is 24.0 Å². The Morgan fingerprint density at radius 3 is 2.68 bits per heavy atom. The Morgan fingerprint density at radius 2 is 1.89 bits per heavy atom. The van der Waals surface area contributed by atoms with E-state index in [1.54, 1.807) is 4.90 Å². The van der Waals surface area contributed by atoms with Crippen molar-refractivity contribution >= 4 is 28.5 Å². The molecule has 0 saturated carbocycles. The second kappa shape index (κ2) is 9.60. The molecule has 194 valence electrons. The minimum atomic E-state index is -0.621. The maximum Gasteiger partial charge on any atom is 0.268 e. The van der Waals surface area contributed by atoms with Crippen LogP contribution in [0.4, 0.5) is 14.5 Å². The van der Waals surface area contributed by atoms with Crippen LogP contribution in [0, 0.1) is 11.6 Å². The highest BCUT2D eigenvalue weighted by atomic mass is 19.1. The maximum absolute atomic E-state index is 14.1. The molecule has 0 bridgehead atoms. The number of fused-ring (bicyclic) bond motifs is 2. The van der Waals surface area contributed by atoms with Gasteiger partial charge in [0.1, 0.15) is 29.3 Å². The third-order valence-electron chi connectivity index (χ3n) is 7.48. The molecule has 0 atom stereocenters. The summed E-state index contributed by atoms with van der Waals surface area (Å²) >= 11 is 0. The Kier molecular flexibility index (Phi) is 6.11. The second-order valence-corrected chi connectivity index (χ2v) is 9.77. The van der Waals surface area contributed by atoms with Gasteiger partial charge in [-0.25, -0.2) is 18.7 Å². The molecule has 2 amide bonds. The van der Waals surface area contributed by atoms with Crippen molar-refractivity contribution in [1.29, 1.82) is 0 Å². The van der Waals surface area contributed by atoms with Crippen LogP contribution in [0.3, 0.4) is 0 Å². The molecule has 2 aromatic heterocycles. The Hall–Kier alpha value is -4.18. The number of hydrogen-bond acceptors (Lipinski definition) is 5. The minimum absolute atomic E-state index is 0.0322. The molecule has 2 aliphatic heterocycles. The number of primary amides is 1. The SMILES string of the molecule is NC(=O)c1ncnc2c1c(-c1ccc3c(c1)CCN3C(=O)Cc1cc(F)ccc1F)cn2C1CCNCC1. The van der Waals surface area contributed by atoms with E-state index in [1.807, 2.05) is 24.4 Å². The molecular formula is C28H26F2N6O2. The number of aromatic nitrogens is 3. The average Bonchev–Trinajstić information content (AvgIpc) is 3.53. The quantitative estimate of drug-likeness (QED) is 0.422. The van der Waals surface area contributed by atoms with E-state index in [-0.39, 0.29) is 29.6 Å². The average molecular weight is 517 g/mol. The summed E-state index contributed by atoms with van der Waals surface area (Å²) in [6.07, 6.45) is 5.66. The number of carbonyl (C=O) groups excluding carboxylic acids is 2. The van der Waals surface area contributed by atoms with Crippen molar-refractivity contribution < 1.29 is 18.4 Å². The number of halogens is 2. The number of amides is 2. The fourth-order valence-electron chi connectivity index (χ4n) is 5.62. The number of nitrogens with two attached hydrogens (primary N) is 1. The van der Waals surface area contributed by atoms with Gasteiger partial charge in [-0.2, -0.15) is 0 Å². The molecule has 0 radical (unpaired) electrons. The largest absolute Gasteiger partial charge is 0.364 e. The van der Waals surface area contributed by atoms with Gasteiger partial charge in [0.05, 0.1) is 11.8 Å². The molecule has 8 nitrogen and oxygen atoms in total. The molecule has 4 aromatic rings. The van der Waals surface area contributed by atoms with Crippen LogP contribution in [0.2, 0.25) is 0 Å². The smallest absolute Gasteiger partial charge is 0.268 e. The van der Waals surface area contributed by atoms with Gasteiger partial charge < -0.3 is 20.5 Å². The molecule has 1 saturated heterocycles. The normalized spacial score (nSPS) is 15.7. The summed E-state index contributed by atoms with van der Waals surface area (Å²) in [4.78, 5) is 35.7. The molecule has 4 heterocycles. The van der Waals surface area contributed by atoms with E-state index >= 15 is 0 Å². The van der Waals surface area contributed by atoms with Gasteiger partial charge in [0.2, 0.25) is 5.91 Å². The van der Waals surface area contributed by atoms with Crippen LogP contribution in [-0.4, -0.2) is 46.0 Å². The Balaban J connectivity index is 1.37. The minimum Gasteiger partial charge on any atom is -0.364 e. The summed E-state index contributed by atoms with van der Waals surface area (Å²) in [5, 5.41) is 3.99. The van der Waals surface area contributed by atoms with E-state index in [2.05, 4.69) is 19.9 Å². The monoisotopic (exact) mass is 516 g/mol. The first kappa shape index (κ1) is 24.2. The number of hydrogen-bond donors (Lipinski definition) is 2. The third kappa shape index (κ3) is 4.20. The van der Waals surface area contributed by atoms with Crippen LogP contribution >= 0.6 is 0 Å². The predicted molar refractivity (Wildman–Crippen MR) is 139 cm³/mol. The fourth-order valence-corrected chi connectivity index (χ4v) is 5.62. The van der Waals surface area contributed by atoms with E-state index in [1.165, 1.54) is 6.33 Å². The highest BCUT2D eigenvalue weighted by Gasteiger charge is 2.28. The van der Waals surface area contributed by atoms with Gasteiger partial charge in [0.15, 0.2) is 0 Å². The van der Waals surface area contributed by atoms with Crippen molar-refractivity contribution in [2.75, 3.05) is 24.5 Å². The van der Waals surface area contributed by atoms with Crippen molar-refractivity contribution in [2.45, 2.75) is 31.7 Å². The van der Waals surface area contributed by atoms with Crippen LogP contribution in [0.5, 0.6) is 0 Å². The lowest BCUT2D eigenvalue weighted by Crippen LogP contribution is -2.30. The second-order valence-electron chi connectivity index (χ2n) is 9.77. The fraction of sp³-hybridized carbons (Fsp3) is 0.286. The summed E-state index contributed by atoms with van der Waals surface area (Å²) in [7, 11) is 0. The first-order valence-electron chi connectivity index (χ1n) is 12.6. The topological polar surface area (TPSA) is 106 Å². The van der Waals surface area contributed by atoms with Gasteiger partial charge in [-0.1, -0.05) is 6.07 Å². The van der Waals surface area contributed by atoms with Crippen molar-refractivity contribution in [3.05, 3.63) is 77.4 Å². The Bertz CT molecular complexity index is 1580. The lowest BCUT2D eigenvalue weighted by molar-refractivity contribution is -0.117. The zero-order valence-corrected chi connectivity index (χ0v) is 20.6. The molecule has 0 spiro atoms. The van der Waals surface area contributed by atoms with Gasteiger partial charge in [-0.3, -0.25) is 9.59 Å². The Labute approximate surface area is 217 Å². The zero-order valence-electron chi connectivity index (χ0n) is 20.6. The molecule has 38 heavy (non-hydrogen) atoms. The van der Waals surface area contributed by atoms with Crippen LogP contribution in [0.1, 0.15) is 40.5 Å². The molecule has 10 heteroatoms. The maximum atomic E-state index is 14.1. The van der Waals surface area contributed by atoms with Crippen molar-refractivity contribution in [3.63, 3.8) is 0 Å². The number of anilines is 1. The first-order valence-corrected chi connectivity index (χ1v) is 12.6. The van der Waals surface area contributed by atoms with Gasteiger partial charge in [0.25, 0.3) is 5.91 Å². The lowest BCUT2D eigenvalue weighted by Gasteiger charge is -2.24. The molecule has 0 aliphatic carbocycles. The molecular weight excluding hydrogens is 490 g/mol. The molecule has 2 aromatic carbocycles.